The Morgan fingerprint density at radius 3 is 2.62 bits per heavy atom. The van der Waals surface area contributed by atoms with Gasteiger partial charge >= 0.3 is 6.18 Å². The van der Waals surface area contributed by atoms with Crippen molar-refractivity contribution in [1.82, 2.24) is 5.32 Å². The van der Waals surface area contributed by atoms with Crippen molar-refractivity contribution in [2.75, 3.05) is 6.54 Å². The molecule has 1 N–H and O–H groups in total. The SMILES string of the molecule is Cc1ccc(C(F)(F)F)cc1C1CCCN1. The van der Waals surface area contributed by atoms with Crippen molar-refractivity contribution < 1.29 is 13.2 Å². The van der Waals surface area contributed by atoms with Crippen molar-refractivity contribution in [3.05, 3.63) is 34.9 Å². The fraction of sp³-hybridized carbons (Fsp3) is 0.500. The Labute approximate surface area is 92.7 Å². The lowest BCUT2D eigenvalue weighted by Gasteiger charge is -2.16. The van der Waals surface area contributed by atoms with E-state index in [1.54, 1.807) is 6.07 Å². The summed E-state index contributed by atoms with van der Waals surface area (Å²) in [5.74, 6) is 0. The van der Waals surface area contributed by atoms with Crippen molar-refractivity contribution >= 4 is 0 Å². The summed E-state index contributed by atoms with van der Waals surface area (Å²) >= 11 is 0. The minimum Gasteiger partial charge on any atom is -0.310 e. The first-order chi connectivity index (χ1) is 7.48. The van der Waals surface area contributed by atoms with E-state index in [2.05, 4.69) is 5.32 Å². The van der Waals surface area contributed by atoms with Gasteiger partial charge in [0.05, 0.1) is 5.56 Å². The Kier molecular flexibility index (Phi) is 2.93. The summed E-state index contributed by atoms with van der Waals surface area (Å²) in [5.41, 5.74) is 1.15. The molecular weight excluding hydrogens is 215 g/mol. The summed E-state index contributed by atoms with van der Waals surface area (Å²) < 4.78 is 37.7. The first-order valence-corrected chi connectivity index (χ1v) is 5.39. The lowest BCUT2D eigenvalue weighted by Crippen LogP contribution is -2.15. The maximum Gasteiger partial charge on any atom is 0.416 e. The van der Waals surface area contributed by atoms with E-state index < -0.39 is 11.7 Å². The second kappa shape index (κ2) is 4.09. The Hall–Kier alpha value is -1.03. The average Bonchev–Trinajstić information content (AvgIpc) is 2.69. The first kappa shape index (κ1) is 11.5. The molecule has 0 aromatic heterocycles. The van der Waals surface area contributed by atoms with Crippen molar-refractivity contribution in [2.24, 2.45) is 0 Å². The van der Waals surface area contributed by atoms with Gasteiger partial charge in [-0.1, -0.05) is 6.07 Å². The van der Waals surface area contributed by atoms with Crippen LogP contribution in [0.25, 0.3) is 0 Å². The first-order valence-electron chi connectivity index (χ1n) is 5.39. The summed E-state index contributed by atoms with van der Waals surface area (Å²) in [6.07, 6.45) is -2.30. The van der Waals surface area contributed by atoms with Crippen molar-refractivity contribution in [3.8, 4) is 0 Å². The van der Waals surface area contributed by atoms with E-state index in [9.17, 15) is 13.2 Å². The number of hydrogen-bond acceptors (Lipinski definition) is 1. The van der Waals surface area contributed by atoms with Crippen LogP contribution in [-0.2, 0) is 6.18 Å². The van der Waals surface area contributed by atoms with E-state index in [-0.39, 0.29) is 6.04 Å². The molecule has 0 aliphatic carbocycles. The summed E-state index contributed by atoms with van der Waals surface area (Å²) in [5, 5.41) is 3.23. The van der Waals surface area contributed by atoms with Gasteiger partial charge in [-0.3, -0.25) is 0 Å². The third-order valence-corrected chi connectivity index (χ3v) is 3.04. The lowest BCUT2D eigenvalue weighted by atomic mass is 9.97. The van der Waals surface area contributed by atoms with Crippen molar-refractivity contribution in [1.29, 1.82) is 0 Å². The zero-order valence-electron chi connectivity index (χ0n) is 9.06. The van der Waals surface area contributed by atoms with Crippen LogP contribution in [0, 0.1) is 6.92 Å². The quantitative estimate of drug-likeness (QED) is 0.777. The smallest absolute Gasteiger partial charge is 0.310 e. The Balaban J connectivity index is 2.36. The second-order valence-electron chi connectivity index (χ2n) is 4.22. The van der Waals surface area contributed by atoms with Gasteiger partial charge in [-0.25, -0.2) is 0 Å². The van der Waals surface area contributed by atoms with Crippen LogP contribution >= 0.6 is 0 Å². The average molecular weight is 229 g/mol. The highest BCUT2D eigenvalue weighted by Gasteiger charge is 2.31. The summed E-state index contributed by atoms with van der Waals surface area (Å²) in [6, 6.07) is 4.06. The summed E-state index contributed by atoms with van der Waals surface area (Å²) in [4.78, 5) is 0. The molecule has 1 aromatic rings. The van der Waals surface area contributed by atoms with Crippen molar-refractivity contribution in [2.45, 2.75) is 32.0 Å². The fourth-order valence-electron chi connectivity index (χ4n) is 2.14. The number of nitrogens with one attached hydrogen (secondary N) is 1. The van der Waals surface area contributed by atoms with Gasteiger partial charge in [-0.2, -0.15) is 13.2 Å². The molecule has 4 heteroatoms. The van der Waals surface area contributed by atoms with Crippen LogP contribution < -0.4 is 5.32 Å². The highest BCUT2D eigenvalue weighted by atomic mass is 19.4. The molecule has 1 atom stereocenters. The van der Waals surface area contributed by atoms with Gasteiger partial charge in [0.25, 0.3) is 0 Å². The number of aryl methyl sites for hydroxylation is 1. The normalized spacial score (nSPS) is 21.4. The van der Waals surface area contributed by atoms with Crippen LogP contribution in [-0.4, -0.2) is 6.54 Å². The molecular formula is C12H14F3N. The largest absolute Gasteiger partial charge is 0.416 e. The molecule has 2 rings (SSSR count). The molecule has 1 fully saturated rings. The Morgan fingerprint density at radius 1 is 1.31 bits per heavy atom. The van der Waals surface area contributed by atoms with Gasteiger partial charge in [0.2, 0.25) is 0 Å². The van der Waals surface area contributed by atoms with Crippen LogP contribution in [0.5, 0.6) is 0 Å². The zero-order valence-corrected chi connectivity index (χ0v) is 9.06. The topological polar surface area (TPSA) is 12.0 Å². The highest BCUT2D eigenvalue weighted by Crippen LogP contribution is 2.33. The van der Waals surface area contributed by atoms with Gasteiger partial charge in [0.1, 0.15) is 0 Å². The second-order valence-corrected chi connectivity index (χ2v) is 4.22. The third-order valence-electron chi connectivity index (χ3n) is 3.04. The van der Waals surface area contributed by atoms with Crippen LogP contribution in [0.15, 0.2) is 18.2 Å². The molecule has 1 unspecified atom stereocenters. The number of halogens is 3. The maximum absolute atomic E-state index is 12.6. The highest BCUT2D eigenvalue weighted by molar-refractivity contribution is 5.35. The van der Waals surface area contributed by atoms with Crippen LogP contribution in [0.4, 0.5) is 13.2 Å². The molecule has 0 bridgehead atoms. The zero-order chi connectivity index (χ0) is 11.8. The molecule has 0 amide bonds. The summed E-state index contributed by atoms with van der Waals surface area (Å²) in [6.45, 7) is 2.75. The van der Waals surface area contributed by atoms with Gasteiger partial charge in [0.15, 0.2) is 0 Å². The van der Waals surface area contributed by atoms with Crippen LogP contribution in [0.3, 0.4) is 0 Å². The Bertz CT molecular complexity index is 378. The fourth-order valence-corrected chi connectivity index (χ4v) is 2.14. The molecule has 88 valence electrons. The molecule has 1 aliphatic heterocycles. The van der Waals surface area contributed by atoms with Gasteiger partial charge in [-0.15, -0.1) is 0 Å². The molecule has 1 aromatic carbocycles. The van der Waals surface area contributed by atoms with E-state index in [4.69, 9.17) is 0 Å². The molecule has 1 heterocycles. The molecule has 1 saturated heterocycles. The summed E-state index contributed by atoms with van der Waals surface area (Å²) in [7, 11) is 0. The van der Waals surface area contributed by atoms with Gasteiger partial charge in [0, 0.05) is 6.04 Å². The predicted octanol–water partition coefficient (Wildman–Crippen LogP) is 3.44. The van der Waals surface area contributed by atoms with Gasteiger partial charge < -0.3 is 5.32 Å². The maximum atomic E-state index is 12.6. The minimum absolute atomic E-state index is 0.0855. The molecule has 1 nitrogen and oxygen atoms in total. The van der Waals surface area contributed by atoms with E-state index in [1.807, 2.05) is 6.92 Å². The molecule has 0 spiro atoms. The molecule has 0 saturated carbocycles. The predicted molar refractivity (Wildman–Crippen MR) is 56.2 cm³/mol. The number of benzene rings is 1. The van der Waals surface area contributed by atoms with Gasteiger partial charge in [-0.05, 0) is 49.6 Å². The van der Waals surface area contributed by atoms with Crippen LogP contribution in [0.1, 0.15) is 35.6 Å². The monoisotopic (exact) mass is 229 g/mol. The standard InChI is InChI=1S/C12H14F3N/c1-8-4-5-9(12(13,14)15)7-10(8)11-3-2-6-16-11/h4-5,7,11,16H,2-3,6H2,1H3. The number of rotatable bonds is 1. The number of alkyl halides is 3. The lowest BCUT2D eigenvalue weighted by molar-refractivity contribution is -0.137. The molecule has 0 radical (unpaired) electrons. The number of hydrogen-bond donors (Lipinski definition) is 1. The van der Waals surface area contributed by atoms with E-state index in [0.29, 0.717) is 0 Å². The Morgan fingerprint density at radius 2 is 2.06 bits per heavy atom. The third kappa shape index (κ3) is 2.21. The van der Waals surface area contributed by atoms with E-state index in [0.717, 1.165) is 36.6 Å². The van der Waals surface area contributed by atoms with E-state index in [1.165, 1.54) is 6.07 Å². The molecule has 1 aliphatic rings. The van der Waals surface area contributed by atoms with E-state index >= 15 is 0 Å². The minimum atomic E-state index is -4.25. The van der Waals surface area contributed by atoms with Crippen molar-refractivity contribution in [3.63, 3.8) is 0 Å². The van der Waals surface area contributed by atoms with Crippen LogP contribution in [0.2, 0.25) is 0 Å². The molecule has 16 heavy (non-hydrogen) atoms.